The maximum atomic E-state index is 13.0. The quantitative estimate of drug-likeness (QED) is 0.665. The maximum Gasteiger partial charge on any atom is 0.289 e. The second-order valence-electron chi connectivity index (χ2n) is 7.44. The molecule has 152 valence electrons. The van der Waals surface area contributed by atoms with E-state index in [0.717, 1.165) is 18.4 Å². The van der Waals surface area contributed by atoms with Crippen molar-refractivity contribution in [2.24, 2.45) is 5.73 Å². The lowest BCUT2D eigenvalue weighted by molar-refractivity contribution is 0.0680. The van der Waals surface area contributed by atoms with E-state index in [2.05, 4.69) is 24.0 Å². The van der Waals surface area contributed by atoms with Crippen LogP contribution in [0.15, 0.2) is 65.1 Å². The van der Waals surface area contributed by atoms with Gasteiger partial charge in [0.15, 0.2) is 11.5 Å². The van der Waals surface area contributed by atoms with Crippen molar-refractivity contribution in [1.82, 2.24) is 4.90 Å². The largest absolute Gasteiger partial charge is 0.443 e. The maximum absolute atomic E-state index is 13.0. The molecule has 30 heavy (non-hydrogen) atoms. The molecule has 2 heterocycles. The number of carbonyl (C=O) groups is 1. The van der Waals surface area contributed by atoms with Crippen LogP contribution in [0.2, 0.25) is 0 Å². The number of nitrogens with two attached hydrogens (primary N) is 1. The molecule has 1 fully saturated rings. The molecule has 0 spiro atoms. The summed E-state index contributed by atoms with van der Waals surface area (Å²) < 4.78 is 18.6. The van der Waals surface area contributed by atoms with Gasteiger partial charge in [-0.2, -0.15) is 0 Å². The fourth-order valence-electron chi connectivity index (χ4n) is 3.73. The Morgan fingerprint density at radius 3 is 2.57 bits per heavy atom. The first kappa shape index (κ1) is 19.9. The van der Waals surface area contributed by atoms with Crippen LogP contribution in [0.3, 0.4) is 0 Å². The van der Waals surface area contributed by atoms with Crippen LogP contribution in [0.25, 0.3) is 0 Å². The number of hydrogen-bond acceptors (Lipinski definition) is 3. The minimum absolute atomic E-state index is 0.112. The number of halogens is 1. The van der Waals surface area contributed by atoms with Crippen LogP contribution < -0.4 is 5.73 Å². The second kappa shape index (κ2) is 8.98. The molecule has 0 saturated carbocycles. The number of hydrogen-bond donors (Lipinski definition) is 1. The zero-order chi connectivity index (χ0) is 20.9. The number of nitrogens with zero attached hydrogens (tertiary/aromatic N) is 1. The van der Waals surface area contributed by atoms with Gasteiger partial charge in [0.25, 0.3) is 5.91 Å². The van der Waals surface area contributed by atoms with Crippen molar-refractivity contribution in [3.05, 3.63) is 94.7 Å². The molecule has 0 bridgehead atoms. The number of likely N-dealkylation sites (tertiary alicyclic amines) is 1. The summed E-state index contributed by atoms with van der Waals surface area (Å²) in [6.07, 6.45) is 1.83. The number of amides is 1. The molecule has 0 radical (unpaired) electrons. The van der Waals surface area contributed by atoms with Gasteiger partial charge in [-0.15, -0.1) is 0 Å². The first-order valence-electron chi connectivity index (χ1n) is 10.1. The fraction of sp³-hybridized carbons (Fsp3) is 0.240. The van der Waals surface area contributed by atoms with Gasteiger partial charge in [-0.1, -0.05) is 30.2 Å². The molecule has 1 aliphatic rings. The van der Waals surface area contributed by atoms with Crippen molar-refractivity contribution < 1.29 is 13.6 Å². The Morgan fingerprint density at radius 2 is 1.83 bits per heavy atom. The Kier molecular flexibility index (Phi) is 5.97. The first-order chi connectivity index (χ1) is 14.6. The van der Waals surface area contributed by atoms with Gasteiger partial charge in [-0.3, -0.25) is 4.79 Å². The molecule has 4 nitrogen and oxygen atoms in total. The van der Waals surface area contributed by atoms with E-state index in [9.17, 15) is 9.18 Å². The minimum atomic E-state index is -0.303. The number of rotatable bonds is 3. The van der Waals surface area contributed by atoms with Crippen molar-refractivity contribution in [2.45, 2.75) is 25.3 Å². The zero-order valence-corrected chi connectivity index (χ0v) is 16.6. The Labute approximate surface area is 175 Å². The van der Waals surface area contributed by atoms with Crippen LogP contribution in [0.4, 0.5) is 4.39 Å². The summed E-state index contributed by atoms with van der Waals surface area (Å²) in [4.78, 5) is 14.6. The van der Waals surface area contributed by atoms with E-state index in [-0.39, 0.29) is 11.7 Å². The van der Waals surface area contributed by atoms with Crippen molar-refractivity contribution >= 4 is 5.91 Å². The van der Waals surface area contributed by atoms with Crippen LogP contribution in [0.1, 0.15) is 51.8 Å². The summed E-state index contributed by atoms with van der Waals surface area (Å²) in [7, 11) is 0. The lowest BCUT2D eigenvalue weighted by atomic mass is 9.88. The highest BCUT2D eigenvalue weighted by atomic mass is 19.1. The Balaban J connectivity index is 1.37. The normalized spacial score (nSPS) is 14.3. The lowest BCUT2D eigenvalue weighted by Crippen LogP contribution is -2.37. The highest BCUT2D eigenvalue weighted by Gasteiger charge is 2.26. The van der Waals surface area contributed by atoms with Gasteiger partial charge >= 0.3 is 0 Å². The van der Waals surface area contributed by atoms with Crippen LogP contribution in [-0.4, -0.2) is 23.9 Å². The average Bonchev–Trinajstić information content (AvgIpc) is 3.27. The van der Waals surface area contributed by atoms with Crippen molar-refractivity contribution in [3.63, 3.8) is 0 Å². The van der Waals surface area contributed by atoms with Crippen molar-refractivity contribution in [1.29, 1.82) is 0 Å². The number of furan rings is 1. The molecule has 2 aromatic carbocycles. The van der Waals surface area contributed by atoms with Crippen molar-refractivity contribution in [2.75, 3.05) is 13.1 Å². The van der Waals surface area contributed by atoms with Gasteiger partial charge in [0.1, 0.15) is 5.82 Å². The van der Waals surface area contributed by atoms with Gasteiger partial charge in [-0.05, 0) is 72.2 Å². The third-order valence-electron chi connectivity index (χ3n) is 5.43. The minimum Gasteiger partial charge on any atom is -0.443 e. The Morgan fingerprint density at radius 1 is 1.07 bits per heavy atom. The number of piperidine rings is 1. The molecule has 1 aromatic heterocycles. The summed E-state index contributed by atoms with van der Waals surface area (Å²) in [6.45, 7) is 1.91. The third kappa shape index (κ3) is 4.61. The highest BCUT2D eigenvalue weighted by Crippen LogP contribution is 2.29. The summed E-state index contributed by atoms with van der Waals surface area (Å²) in [5.41, 5.74) is 8.86. The molecule has 5 heteroatoms. The fourth-order valence-corrected chi connectivity index (χ4v) is 3.73. The highest BCUT2D eigenvalue weighted by molar-refractivity contribution is 5.91. The molecule has 1 amide bonds. The molecule has 1 aliphatic heterocycles. The molecular formula is C25H23FN2O2. The monoisotopic (exact) mass is 402 g/mol. The second-order valence-corrected chi connectivity index (χ2v) is 7.44. The number of benzene rings is 2. The van der Waals surface area contributed by atoms with Crippen LogP contribution in [0.5, 0.6) is 0 Å². The van der Waals surface area contributed by atoms with Gasteiger partial charge in [0.2, 0.25) is 0 Å². The molecule has 1 saturated heterocycles. The Hall–Kier alpha value is -3.36. The molecule has 0 atom stereocenters. The van der Waals surface area contributed by atoms with E-state index >= 15 is 0 Å². The van der Waals surface area contributed by atoms with Crippen LogP contribution in [0, 0.1) is 17.7 Å². The van der Waals surface area contributed by atoms with E-state index in [1.807, 2.05) is 17.0 Å². The SMILES string of the molecule is NCc1cccc(C2CCN(C(=O)c3ccc(C#Cc4ccc(F)cc4)o3)CC2)c1. The predicted molar refractivity (Wildman–Crippen MR) is 113 cm³/mol. The Bertz CT molecular complexity index is 1080. The lowest BCUT2D eigenvalue weighted by Gasteiger charge is -2.31. The molecule has 0 aliphatic carbocycles. The van der Waals surface area contributed by atoms with Crippen LogP contribution in [-0.2, 0) is 6.54 Å². The molecule has 2 N–H and O–H groups in total. The van der Waals surface area contributed by atoms with E-state index in [4.69, 9.17) is 10.2 Å². The standard InChI is InChI=1S/C25H23FN2O2/c26-22-7-4-18(5-8-22)6-9-23-10-11-24(30-23)25(29)28-14-12-20(13-15-28)21-3-1-2-19(16-21)17-27/h1-5,7-8,10-11,16,20H,12-15,17,27H2. The predicted octanol–water partition coefficient (Wildman–Crippen LogP) is 4.30. The molecule has 3 aromatic rings. The van der Waals surface area contributed by atoms with E-state index in [0.29, 0.717) is 42.6 Å². The van der Waals surface area contributed by atoms with E-state index < -0.39 is 0 Å². The zero-order valence-electron chi connectivity index (χ0n) is 16.6. The van der Waals surface area contributed by atoms with Crippen LogP contribution >= 0.6 is 0 Å². The summed E-state index contributed by atoms with van der Waals surface area (Å²) in [6, 6.07) is 17.7. The topological polar surface area (TPSA) is 59.5 Å². The average molecular weight is 402 g/mol. The van der Waals surface area contributed by atoms with Crippen molar-refractivity contribution in [3.8, 4) is 11.8 Å². The molecule has 0 unspecified atom stereocenters. The number of carbonyl (C=O) groups excluding carboxylic acids is 1. The first-order valence-corrected chi connectivity index (χ1v) is 10.1. The van der Waals surface area contributed by atoms with Gasteiger partial charge in [0, 0.05) is 25.2 Å². The van der Waals surface area contributed by atoms with E-state index in [1.165, 1.54) is 17.7 Å². The summed E-state index contributed by atoms with van der Waals surface area (Å²) in [5.74, 6) is 6.52. The third-order valence-corrected chi connectivity index (χ3v) is 5.43. The molecule has 4 rings (SSSR count). The van der Waals surface area contributed by atoms with Gasteiger partial charge in [-0.25, -0.2) is 4.39 Å². The van der Waals surface area contributed by atoms with E-state index in [1.54, 1.807) is 24.3 Å². The molecular weight excluding hydrogens is 379 g/mol. The summed E-state index contributed by atoms with van der Waals surface area (Å²) >= 11 is 0. The summed E-state index contributed by atoms with van der Waals surface area (Å²) in [5, 5.41) is 0. The van der Waals surface area contributed by atoms with Gasteiger partial charge < -0.3 is 15.1 Å². The van der Waals surface area contributed by atoms with Gasteiger partial charge in [0.05, 0.1) is 0 Å². The smallest absolute Gasteiger partial charge is 0.289 e.